The van der Waals surface area contributed by atoms with E-state index in [2.05, 4.69) is 10.2 Å². The van der Waals surface area contributed by atoms with Crippen molar-refractivity contribution < 1.29 is 14.7 Å². The van der Waals surface area contributed by atoms with Gasteiger partial charge in [-0.1, -0.05) is 30.3 Å². The van der Waals surface area contributed by atoms with Gasteiger partial charge in [0.2, 0.25) is 0 Å². The molecule has 2 aromatic rings. The standard InChI is InChI=1S/C14H15N3O3/c1-2-17(9-12(18)19)14(20)11-8-15-16-13(11)10-6-4-3-5-7-10/h3-8H,2,9H2,1H3,(H,15,16)(H,18,19). The van der Waals surface area contributed by atoms with Crippen LogP contribution in [-0.4, -0.2) is 45.2 Å². The molecule has 0 unspecified atom stereocenters. The summed E-state index contributed by atoms with van der Waals surface area (Å²) in [7, 11) is 0. The molecular formula is C14H15N3O3. The summed E-state index contributed by atoms with van der Waals surface area (Å²) in [4.78, 5) is 24.4. The Morgan fingerprint density at radius 2 is 2.00 bits per heavy atom. The number of aromatic nitrogens is 2. The van der Waals surface area contributed by atoms with Crippen LogP contribution in [0.2, 0.25) is 0 Å². The highest BCUT2D eigenvalue weighted by Crippen LogP contribution is 2.21. The average Bonchev–Trinajstić information content (AvgIpc) is 2.94. The van der Waals surface area contributed by atoms with E-state index in [0.29, 0.717) is 17.8 Å². The van der Waals surface area contributed by atoms with Gasteiger partial charge in [0.15, 0.2) is 0 Å². The van der Waals surface area contributed by atoms with Crippen molar-refractivity contribution in [2.45, 2.75) is 6.92 Å². The molecule has 0 fully saturated rings. The molecule has 0 bridgehead atoms. The first-order valence-corrected chi connectivity index (χ1v) is 6.23. The van der Waals surface area contributed by atoms with Crippen molar-refractivity contribution in [3.63, 3.8) is 0 Å². The number of rotatable bonds is 5. The quantitative estimate of drug-likeness (QED) is 0.866. The fourth-order valence-electron chi connectivity index (χ4n) is 1.93. The molecule has 0 aliphatic heterocycles. The zero-order valence-corrected chi connectivity index (χ0v) is 11.0. The van der Waals surface area contributed by atoms with Gasteiger partial charge in [-0.25, -0.2) is 0 Å². The van der Waals surface area contributed by atoms with Crippen molar-refractivity contribution in [2.24, 2.45) is 0 Å². The first kappa shape index (κ1) is 13.8. The predicted octanol–water partition coefficient (Wildman–Crippen LogP) is 1.62. The Bertz CT molecular complexity index is 607. The number of amides is 1. The molecule has 6 heteroatoms. The molecular weight excluding hydrogens is 258 g/mol. The minimum absolute atomic E-state index is 0.324. The lowest BCUT2D eigenvalue weighted by atomic mass is 10.1. The van der Waals surface area contributed by atoms with Crippen molar-refractivity contribution in [3.8, 4) is 11.3 Å². The fourth-order valence-corrected chi connectivity index (χ4v) is 1.93. The summed E-state index contributed by atoms with van der Waals surface area (Å²) in [5.74, 6) is -1.38. The smallest absolute Gasteiger partial charge is 0.323 e. The number of hydrogen-bond acceptors (Lipinski definition) is 3. The summed E-state index contributed by atoms with van der Waals surface area (Å²) in [5.41, 5.74) is 1.80. The lowest BCUT2D eigenvalue weighted by molar-refractivity contribution is -0.137. The number of carbonyl (C=O) groups is 2. The molecule has 0 atom stereocenters. The molecule has 0 spiro atoms. The van der Waals surface area contributed by atoms with Gasteiger partial charge in [-0.3, -0.25) is 14.7 Å². The van der Waals surface area contributed by atoms with Crippen LogP contribution in [0.15, 0.2) is 36.5 Å². The van der Waals surface area contributed by atoms with Gasteiger partial charge in [0.25, 0.3) is 5.91 Å². The highest BCUT2D eigenvalue weighted by Gasteiger charge is 2.21. The molecule has 0 radical (unpaired) electrons. The summed E-state index contributed by atoms with van der Waals surface area (Å²) in [5, 5.41) is 15.5. The second-order valence-electron chi connectivity index (χ2n) is 4.24. The lowest BCUT2D eigenvalue weighted by Gasteiger charge is -2.18. The SMILES string of the molecule is CCN(CC(=O)O)C(=O)c1cn[nH]c1-c1ccccc1. The molecule has 1 aromatic heterocycles. The number of carboxylic acids is 1. The Labute approximate surface area is 116 Å². The minimum atomic E-state index is -1.04. The van der Waals surface area contributed by atoms with Crippen molar-refractivity contribution in [2.75, 3.05) is 13.1 Å². The predicted molar refractivity (Wildman–Crippen MR) is 73.2 cm³/mol. The number of H-pyrrole nitrogens is 1. The first-order chi connectivity index (χ1) is 9.63. The van der Waals surface area contributed by atoms with Crippen molar-refractivity contribution in [1.82, 2.24) is 15.1 Å². The number of hydrogen-bond donors (Lipinski definition) is 2. The van der Waals surface area contributed by atoms with Crippen molar-refractivity contribution in [1.29, 1.82) is 0 Å². The molecule has 2 N–H and O–H groups in total. The van der Waals surface area contributed by atoms with E-state index in [1.807, 2.05) is 30.3 Å². The van der Waals surface area contributed by atoms with E-state index in [1.165, 1.54) is 11.1 Å². The maximum Gasteiger partial charge on any atom is 0.323 e. The van der Waals surface area contributed by atoms with E-state index in [0.717, 1.165) is 5.56 Å². The summed E-state index contributed by atoms with van der Waals surface area (Å²) in [6.07, 6.45) is 1.43. The Hall–Kier alpha value is -2.63. The van der Waals surface area contributed by atoms with E-state index in [1.54, 1.807) is 6.92 Å². The highest BCUT2D eigenvalue weighted by molar-refractivity contribution is 6.00. The molecule has 6 nitrogen and oxygen atoms in total. The molecule has 0 saturated heterocycles. The van der Waals surface area contributed by atoms with Gasteiger partial charge >= 0.3 is 5.97 Å². The van der Waals surface area contributed by atoms with E-state index in [9.17, 15) is 9.59 Å². The van der Waals surface area contributed by atoms with Crippen LogP contribution in [0, 0.1) is 0 Å². The van der Waals surface area contributed by atoms with Crippen molar-refractivity contribution in [3.05, 3.63) is 42.1 Å². The number of aromatic amines is 1. The van der Waals surface area contributed by atoms with Gasteiger partial charge in [-0.15, -0.1) is 0 Å². The minimum Gasteiger partial charge on any atom is -0.480 e. The van der Waals surface area contributed by atoms with E-state index >= 15 is 0 Å². The third-order valence-corrected chi connectivity index (χ3v) is 2.93. The van der Waals surface area contributed by atoms with Gasteiger partial charge in [-0.05, 0) is 6.92 Å². The van der Waals surface area contributed by atoms with E-state index < -0.39 is 5.97 Å². The number of nitrogens with one attached hydrogen (secondary N) is 1. The molecule has 104 valence electrons. The summed E-state index contributed by atoms with van der Waals surface area (Å²) in [6.45, 7) is 1.74. The second kappa shape index (κ2) is 6.01. The number of benzene rings is 1. The fraction of sp³-hybridized carbons (Fsp3) is 0.214. The average molecular weight is 273 g/mol. The van der Waals surface area contributed by atoms with Crippen LogP contribution in [0.3, 0.4) is 0 Å². The largest absolute Gasteiger partial charge is 0.480 e. The highest BCUT2D eigenvalue weighted by atomic mass is 16.4. The molecule has 1 heterocycles. The molecule has 0 aliphatic carbocycles. The van der Waals surface area contributed by atoms with E-state index in [-0.39, 0.29) is 12.5 Å². The molecule has 0 aliphatic rings. The topological polar surface area (TPSA) is 86.3 Å². The number of aliphatic carboxylic acids is 1. The second-order valence-corrected chi connectivity index (χ2v) is 4.24. The van der Waals surface area contributed by atoms with Crippen molar-refractivity contribution >= 4 is 11.9 Å². The number of nitrogens with zero attached hydrogens (tertiary/aromatic N) is 2. The molecule has 1 amide bonds. The van der Waals surface area contributed by atoms with Crippen LogP contribution >= 0.6 is 0 Å². The summed E-state index contributed by atoms with van der Waals surface area (Å²) in [6, 6.07) is 9.32. The van der Waals surface area contributed by atoms with Crippen LogP contribution in [0.4, 0.5) is 0 Å². The zero-order valence-electron chi connectivity index (χ0n) is 11.0. The molecule has 0 saturated carbocycles. The maximum atomic E-state index is 12.4. The third-order valence-electron chi connectivity index (χ3n) is 2.93. The van der Waals surface area contributed by atoms with Crippen LogP contribution in [-0.2, 0) is 4.79 Å². The Morgan fingerprint density at radius 3 is 2.60 bits per heavy atom. The van der Waals surface area contributed by atoms with Crippen LogP contribution in [0.25, 0.3) is 11.3 Å². The Morgan fingerprint density at radius 1 is 1.30 bits per heavy atom. The van der Waals surface area contributed by atoms with Gasteiger partial charge in [-0.2, -0.15) is 5.10 Å². The monoisotopic (exact) mass is 273 g/mol. The first-order valence-electron chi connectivity index (χ1n) is 6.23. The lowest BCUT2D eigenvalue weighted by Crippen LogP contribution is -2.35. The Balaban J connectivity index is 2.32. The summed E-state index contributed by atoms with van der Waals surface area (Å²) >= 11 is 0. The van der Waals surface area contributed by atoms with Crippen LogP contribution in [0.5, 0.6) is 0 Å². The van der Waals surface area contributed by atoms with Crippen LogP contribution < -0.4 is 0 Å². The number of carboxylic acid groups (broad SMARTS) is 1. The van der Waals surface area contributed by atoms with Gasteiger partial charge in [0, 0.05) is 12.1 Å². The van der Waals surface area contributed by atoms with Gasteiger partial charge in [0.05, 0.1) is 17.5 Å². The number of likely N-dealkylation sites (N-methyl/N-ethyl adjacent to an activating group) is 1. The molecule has 1 aromatic carbocycles. The molecule has 20 heavy (non-hydrogen) atoms. The zero-order chi connectivity index (χ0) is 14.5. The normalized spacial score (nSPS) is 10.2. The summed E-state index contributed by atoms with van der Waals surface area (Å²) < 4.78 is 0. The Kier molecular flexibility index (Phi) is 4.14. The van der Waals surface area contributed by atoms with E-state index in [4.69, 9.17) is 5.11 Å². The maximum absolute atomic E-state index is 12.4. The van der Waals surface area contributed by atoms with Crippen LogP contribution in [0.1, 0.15) is 17.3 Å². The van der Waals surface area contributed by atoms with Gasteiger partial charge in [0.1, 0.15) is 6.54 Å². The third kappa shape index (κ3) is 2.85. The number of carbonyl (C=O) groups excluding carboxylic acids is 1. The molecule has 2 rings (SSSR count). The van der Waals surface area contributed by atoms with Gasteiger partial charge < -0.3 is 10.0 Å².